The SMILES string of the molecule is O=C1OC(CCN2CCN(c3ccncc3Cl)CC2)CC12CCCCC2. The Hall–Kier alpha value is -1.33. The van der Waals surface area contributed by atoms with E-state index in [0.29, 0.717) is 0 Å². The molecule has 2 aliphatic heterocycles. The fraction of sp³-hybridized carbons (Fsp3) is 0.700. The predicted molar refractivity (Wildman–Crippen MR) is 103 cm³/mol. The molecule has 1 aromatic rings. The number of esters is 1. The maximum absolute atomic E-state index is 12.4. The second kappa shape index (κ2) is 7.73. The van der Waals surface area contributed by atoms with Gasteiger partial charge in [0.2, 0.25) is 0 Å². The number of ether oxygens (including phenoxy) is 1. The van der Waals surface area contributed by atoms with Crippen molar-refractivity contribution in [3.8, 4) is 0 Å². The Morgan fingerprint density at radius 1 is 1.19 bits per heavy atom. The molecule has 142 valence electrons. The summed E-state index contributed by atoms with van der Waals surface area (Å²) in [5, 5.41) is 0.719. The minimum atomic E-state index is -0.139. The van der Waals surface area contributed by atoms with E-state index in [2.05, 4.69) is 14.8 Å². The van der Waals surface area contributed by atoms with Gasteiger partial charge in [0, 0.05) is 51.5 Å². The molecule has 1 saturated carbocycles. The van der Waals surface area contributed by atoms with Gasteiger partial charge in [-0.15, -0.1) is 0 Å². The third-order valence-corrected chi connectivity index (χ3v) is 6.66. The number of halogens is 1. The number of carbonyl (C=O) groups is 1. The summed E-state index contributed by atoms with van der Waals surface area (Å²) >= 11 is 6.26. The zero-order chi connectivity index (χ0) is 18.0. The lowest BCUT2D eigenvalue weighted by molar-refractivity contribution is -0.150. The molecule has 0 bridgehead atoms. The number of carbonyl (C=O) groups excluding carboxylic acids is 1. The molecule has 26 heavy (non-hydrogen) atoms. The van der Waals surface area contributed by atoms with Crippen LogP contribution in [0.25, 0.3) is 0 Å². The van der Waals surface area contributed by atoms with Crippen molar-refractivity contribution in [2.75, 3.05) is 37.6 Å². The lowest BCUT2D eigenvalue weighted by Gasteiger charge is -2.36. The maximum atomic E-state index is 12.4. The Morgan fingerprint density at radius 3 is 2.69 bits per heavy atom. The number of cyclic esters (lactones) is 1. The van der Waals surface area contributed by atoms with Gasteiger partial charge in [0.25, 0.3) is 0 Å². The van der Waals surface area contributed by atoms with Gasteiger partial charge in [-0.3, -0.25) is 14.7 Å². The van der Waals surface area contributed by atoms with Crippen LogP contribution in [0.5, 0.6) is 0 Å². The molecule has 0 N–H and O–H groups in total. The van der Waals surface area contributed by atoms with E-state index in [1.807, 2.05) is 6.07 Å². The lowest BCUT2D eigenvalue weighted by Crippen LogP contribution is -2.47. The molecule has 6 heteroatoms. The fourth-order valence-corrected chi connectivity index (χ4v) is 5.04. The van der Waals surface area contributed by atoms with Crippen molar-refractivity contribution in [1.29, 1.82) is 0 Å². The maximum Gasteiger partial charge on any atom is 0.312 e. The first-order chi connectivity index (χ1) is 12.7. The highest BCUT2D eigenvalue weighted by atomic mass is 35.5. The van der Waals surface area contributed by atoms with Crippen LogP contribution in [0.4, 0.5) is 5.69 Å². The van der Waals surface area contributed by atoms with E-state index in [0.717, 1.165) is 69.1 Å². The van der Waals surface area contributed by atoms with Crippen LogP contribution in [-0.4, -0.2) is 54.7 Å². The summed E-state index contributed by atoms with van der Waals surface area (Å²) in [5.74, 6) is 0.0827. The molecule has 0 amide bonds. The van der Waals surface area contributed by atoms with Crippen LogP contribution >= 0.6 is 11.6 Å². The molecule has 1 unspecified atom stereocenters. The topological polar surface area (TPSA) is 45.7 Å². The molecule has 0 radical (unpaired) electrons. The highest BCUT2D eigenvalue weighted by Crippen LogP contribution is 2.46. The van der Waals surface area contributed by atoms with Gasteiger partial charge in [-0.2, -0.15) is 0 Å². The molecule has 4 rings (SSSR count). The summed E-state index contributed by atoms with van der Waals surface area (Å²) in [6.45, 7) is 4.98. The smallest absolute Gasteiger partial charge is 0.312 e. The zero-order valence-electron chi connectivity index (χ0n) is 15.3. The number of anilines is 1. The largest absolute Gasteiger partial charge is 0.462 e. The average Bonchev–Trinajstić information content (AvgIpc) is 2.96. The van der Waals surface area contributed by atoms with Crippen molar-refractivity contribution >= 4 is 23.3 Å². The number of rotatable bonds is 4. The molecular weight excluding hydrogens is 350 g/mol. The minimum Gasteiger partial charge on any atom is -0.462 e. The van der Waals surface area contributed by atoms with Crippen LogP contribution in [-0.2, 0) is 9.53 Å². The van der Waals surface area contributed by atoms with Crippen molar-refractivity contribution in [3.63, 3.8) is 0 Å². The van der Waals surface area contributed by atoms with Crippen LogP contribution in [0.15, 0.2) is 18.5 Å². The van der Waals surface area contributed by atoms with Gasteiger partial charge in [-0.05, 0) is 25.3 Å². The lowest BCUT2D eigenvalue weighted by atomic mass is 9.72. The van der Waals surface area contributed by atoms with E-state index < -0.39 is 0 Å². The zero-order valence-corrected chi connectivity index (χ0v) is 16.1. The van der Waals surface area contributed by atoms with E-state index in [4.69, 9.17) is 16.3 Å². The molecular formula is C20H28ClN3O2. The summed E-state index contributed by atoms with van der Waals surface area (Å²) in [4.78, 5) is 21.2. The number of hydrogen-bond donors (Lipinski definition) is 0. The Balaban J connectivity index is 1.24. The standard InChI is InChI=1S/C20H28ClN3O2/c21-17-15-22-8-4-18(17)24-12-10-23(11-13-24)9-5-16-14-20(19(25)26-16)6-2-1-3-7-20/h4,8,15-16H,1-3,5-7,9-14H2. The average molecular weight is 378 g/mol. The quantitative estimate of drug-likeness (QED) is 0.751. The number of aromatic nitrogens is 1. The number of nitrogens with zero attached hydrogens (tertiary/aromatic N) is 3. The molecule has 3 heterocycles. The third-order valence-electron chi connectivity index (χ3n) is 6.37. The van der Waals surface area contributed by atoms with Crippen molar-refractivity contribution in [2.45, 2.75) is 51.0 Å². The van der Waals surface area contributed by atoms with E-state index >= 15 is 0 Å². The van der Waals surface area contributed by atoms with Crippen LogP contribution in [0.1, 0.15) is 44.9 Å². The molecule has 3 fully saturated rings. The van der Waals surface area contributed by atoms with Crippen LogP contribution in [0.3, 0.4) is 0 Å². The first-order valence-electron chi connectivity index (χ1n) is 9.94. The van der Waals surface area contributed by atoms with Gasteiger partial charge in [-0.25, -0.2) is 0 Å². The minimum absolute atomic E-state index is 0.0827. The molecule has 2 saturated heterocycles. The van der Waals surface area contributed by atoms with E-state index in [9.17, 15) is 4.79 Å². The van der Waals surface area contributed by atoms with E-state index in [1.54, 1.807) is 12.4 Å². The third kappa shape index (κ3) is 3.70. The Kier molecular flexibility index (Phi) is 5.37. The van der Waals surface area contributed by atoms with Gasteiger partial charge < -0.3 is 9.64 Å². The fourth-order valence-electron chi connectivity index (χ4n) is 4.80. The van der Waals surface area contributed by atoms with E-state index in [-0.39, 0.29) is 17.5 Å². The summed E-state index contributed by atoms with van der Waals surface area (Å²) in [6, 6.07) is 1.99. The van der Waals surface area contributed by atoms with Crippen LogP contribution in [0.2, 0.25) is 5.02 Å². The first kappa shape index (κ1) is 18.1. The van der Waals surface area contributed by atoms with Gasteiger partial charge in [-0.1, -0.05) is 30.9 Å². The second-order valence-electron chi connectivity index (χ2n) is 8.02. The molecule has 1 spiro atoms. The van der Waals surface area contributed by atoms with Gasteiger partial charge in [0.1, 0.15) is 6.10 Å². The van der Waals surface area contributed by atoms with Crippen molar-refractivity contribution in [1.82, 2.24) is 9.88 Å². The molecule has 1 aliphatic carbocycles. The Labute approximate surface area is 160 Å². The highest BCUT2D eigenvalue weighted by molar-refractivity contribution is 6.33. The van der Waals surface area contributed by atoms with Crippen LogP contribution < -0.4 is 4.90 Å². The summed E-state index contributed by atoms with van der Waals surface area (Å²) in [6.07, 6.45) is 11.2. The number of piperazine rings is 1. The van der Waals surface area contributed by atoms with E-state index in [1.165, 1.54) is 19.3 Å². The molecule has 3 aliphatic rings. The Bertz CT molecular complexity index is 640. The molecule has 5 nitrogen and oxygen atoms in total. The Morgan fingerprint density at radius 2 is 1.96 bits per heavy atom. The van der Waals surface area contributed by atoms with Gasteiger partial charge >= 0.3 is 5.97 Å². The monoisotopic (exact) mass is 377 g/mol. The van der Waals surface area contributed by atoms with Crippen molar-refractivity contribution in [2.24, 2.45) is 5.41 Å². The summed E-state index contributed by atoms with van der Waals surface area (Å²) < 4.78 is 5.75. The first-order valence-corrected chi connectivity index (χ1v) is 10.3. The normalized spacial score (nSPS) is 26.3. The van der Waals surface area contributed by atoms with Gasteiger partial charge in [0.05, 0.1) is 16.1 Å². The summed E-state index contributed by atoms with van der Waals surface area (Å²) in [7, 11) is 0. The van der Waals surface area contributed by atoms with Gasteiger partial charge in [0.15, 0.2) is 0 Å². The second-order valence-corrected chi connectivity index (χ2v) is 8.42. The number of pyridine rings is 1. The van der Waals surface area contributed by atoms with Crippen molar-refractivity contribution in [3.05, 3.63) is 23.5 Å². The molecule has 1 atom stereocenters. The predicted octanol–water partition coefficient (Wildman–Crippen LogP) is 3.51. The highest BCUT2D eigenvalue weighted by Gasteiger charge is 2.48. The number of hydrogen-bond acceptors (Lipinski definition) is 5. The molecule has 0 aromatic carbocycles. The molecule has 1 aromatic heterocycles. The summed E-state index contributed by atoms with van der Waals surface area (Å²) in [5.41, 5.74) is 0.935. The van der Waals surface area contributed by atoms with Crippen molar-refractivity contribution < 1.29 is 9.53 Å². The van der Waals surface area contributed by atoms with Crippen LogP contribution in [0, 0.1) is 5.41 Å².